The normalized spacial score (nSPS) is 10.2. The molecule has 0 fully saturated rings. The molecule has 0 heterocycles. The van der Waals surface area contributed by atoms with E-state index in [2.05, 4.69) is 12.2 Å². The van der Waals surface area contributed by atoms with E-state index in [1.54, 1.807) is 6.07 Å². The lowest BCUT2D eigenvalue weighted by Gasteiger charge is -2.06. The number of rotatable bonds is 5. The minimum atomic E-state index is 0.0633. The van der Waals surface area contributed by atoms with E-state index >= 15 is 0 Å². The Morgan fingerprint density at radius 2 is 2.12 bits per heavy atom. The summed E-state index contributed by atoms with van der Waals surface area (Å²) in [5.74, 6) is 0.0633. The Kier molecular flexibility index (Phi) is 5.33. The average molecular weight is 240 g/mol. The second-order valence-electron chi connectivity index (χ2n) is 3.97. The maximum atomic E-state index is 11.5. The van der Waals surface area contributed by atoms with Crippen LogP contribution in [-0.4, -0.2) is 5.91 Å². The molecule has 1 N–H and O–H groups in total. The Balaban J connectivity index is 2.46. The summed E-state index contributed by atoms with van der Waals surface area (Å²) in [5.41, 5.74) is 1.79. The zero-order chi connectivity index (χ0) is 12.0. The maximum Gasteiger partial charge on any atom is 0.224 e. The lowest BCUT2D eigenvalue weighted by Crippen LogP contribution is -2.10. The molecule has 16 heavy (non-hydrogen) atoms. The first kappa shape index (κ1) is 13.0. The quantitative estimate of drug-likeness (QED) is 0.768. The lowest BCUT2D eigenvalue weighted by atomic mass is 10.2. The topological polar surface area (TPSA) is 29.1 Å². The molecule has 0 aliphatic heterocycles. The van der Waals surface area contributed by atoms with E-state index in [4.69, 9.17) is 11.6 Å². The zero-order valence-electron chi connectivity index (χ0n) is 9.85. The molecular formula is C13H18ClNO. The van der Waals surface area contributed by atoms with Crippen molar-refractivity contribution in [3.63, 3.8) is 0 Å². The average Bonchev–Trinajstić information content (AvgIpc) is 2.24. The van der Waals surface area contributed by atoms with Gasteiger partial charge in [0, 0.05) is 17.1 Å². The Bertz CT molecular complexity index is 363. The maximum absolute atomic E-state index is 11.5. The Hall–Kier alpha value is -1.02. The van der Waals surface area contributed by atoms with Crippen molar-refractivity contribution in [1.82, 2.24) is 0 Å². The summed E-state index contributed by atoms with van der Waals surface area (Å²) in [4.78, 5) is 11.5. The van der Waals surface area contributed by atoms with E-state index < -0.39 is 0 Å². The Morgan fingerprint density at radius 1 is 1.38 bits per heavy atom. The highest BCUT2D eigenvalue weighted by molar-refractivity contribution is 6.31. The monoisotopic (exact) mass is 239 g/mol. The second kappa shape index (κ2) is 6.54. The van der Waals surface area contributed by atoms with Crippen LogP contribution in [0.25, 0.3) is 0 Å². The van der Waals surface area contributed by atoms with E-state index in [9.17, 15) is 4.79 Å². The van der Waals surface area contributed by atoms with E-state index in [0.29, 0.717) is 11.4 Å². The van der Waals surface area contributed by atoms with Crippen molar-refractivity contribution >= 4 is 23.2 Å². The highest BCUT2D eigenvalue weighted by Gasteiger charge is 2.03. The van der Waals surface area contributed by atoms with E-state index in [-0.39, 0.29) is 5.91 Å². The molecule has 3 heteroatoms. The van der Waals surface area contributed by atoms with Crippen molar-refractivity contribution in [2.75, 3.05) is 5.32 Å². The minimum absolute atomic E-state index is 0.0633. The summed E-state index contributed by atoms with van der Waals surface area (Å²) in [6.07, 6.45) is 3.76. The van der Waals surface area contributed by atoms with Crippen molar-refractivity contribution in [1.29, 1.82) is 0 Å². The number of nitrogens with one attached hydrogen (secondary N) is 1. The third-order valence-corrected chi connectivity index (χ3v) is 2.87. The minimum Gasteiger partial charge on any atom is -0.326 e. The van der Waals surface area contributed by atoms with Crippen LogP contribution >= 0.6 is 11.6 Å². The van der Waals surface area contributed by atoms with Crippen LogP contribution in [0.15, 0.2) is 18.2 Å². The molecular weight excluding hydrogens is 222 g/mol. The van der Waals surface area contributed by atoms with Crippen LogP contribution < -0.4 is 5.32 Å². The van der Waals surface area contributed by atoms with Crippen molar-refractivity contribution in [3.8, 4) is 0 Å². The molecule has 0 aromatic heterocycles. The summed E-state index contributed by atoms with van der Waals surface area (Å²) >= 11 is 5.97. The standard InChI is InChI=1S/C13H18ClNO/c1-3-4-5-6-13(16)15-11-8-7-10(2)12(14)9-11/h7-9H,3-6H2,1-2H3,(H,15,16). The second-order valence-corrected chi connectivity index (χ2v) is 4.38. The molecule has 2 nitrogen and oxygen atoms in total. The largest absolute Gasteiger partial charge is 0.326 e. The summed E-state index contributed by atoms with van der Waals surface area (Å²) < 4.78 is 0. The summed E-state index contributed by atoms with van der Waals surface area (Å²) in [7, 11) is 0. The number of carbonyl (C=O) groups is 1. The molecule has 0 saturated heterocycles. The van der Waals surface area contributed by atoms with Crippen LogP contribution in [0.1, 0.15) is 38.2 Å². The van der Waals surface area contributed by atoms with Gasteiger partial charge >= 0.3 is 0 Å². The molecule has 0 aliphatic carbocycles. The highest BCUT2D eigenvalue weighted by Crippen LogP contribution is 2.20. The zero-order valence-corrected chi connectivity index (χ0v) is 10.6. The van der Waals surface area contributed by atoms with Gasteiger partial charge in [-0.25, -0.2) is 0 Å². The number of hydrogen-bond donors (Lipinski definition) is 1. The van der Waals surface area contributed by atoms with E-state index in [1.165, 1.54) is 0 Å². The van der Waals surface area contributed by atoms with Gasteiger partial charge in [-0.3, -0.25) is 4.79 Å². The first-order chi connectivity index (χ1) is 7.63. The van der Waals surface area contributed by atoms with Crippen LogP contribution in [0.3, 0.4) is 0 Å². The molecule has 0 atom stereocenters. The molecule has 88 valence electrons. The number of aryl methyl sites for hydroxylation is 1. The molecule has 1 rings (SSSR count). The number of hydrogen-bond acceptors (Lipinski definition) is 1. The predicted molar refractivity (Wildman–Crippen MR) is 69.0 cm³/mol. The number of carbonyl (C=O) groups excluding carboxylic acids is 1. The van der Waals surface area contributed by atoms with Crippen molar-refractivity contribution < 1.29 is 4.79 Å². The number of benzene rings is 1. The predicted octanol–water partition coefficient (Wildman–Crippen LogP) is 4.17. The van der Waals surface area contributed by atoms with Gasteiger partial charge in [0.15, 0.2) is 0 Å². The first-order valence-corrected chi connectivity index (χ1v) is 6.07. The van der Waals surface area contributed by atoms with Gasteiger partial charge < -0.3 is 5.32 Å². The van der Waals surface area contributed by atoms with Crippen LogP contribution in [0.2, 0.25) is 5.02 Å². The molecule has 1 aromatic carbocycles. The molecule has 0 unspecified atom stereocenters. The lowest BCUT2D eigenvalue weighted by molar-refractivity contribution is -0.116. The number of halogens is 1. The SMILES string of the molecule is CCCCCC(=O)Nc1ccc(C)c(Cl)c1. The van der Waals surface area contributed by atoms with Gasteiger partial charge in [0.2, 0.25) is 5.91 Å². The van der Waals surface area contributed by atoms with Gasteiger partial charge in [0.05, 0.1) is 0 Å². The van der Waals surface area contributed by atoms with Gasteiger partial charge in [-0.1, -0.05) is 37.4 Å². The van der Waals surface area contributed by atoms with Crippen LogP contribution in [-0.2, 0) is 4.79 Å². The molecule has 0 radical (unpaired) electrons. The van der Waals surface area contributed by atoms with Crippen molar-refractivity contribution in [2.45, 2.75) is 39.5 Å². The summed E-state index contributed by atoms with van der Waals surface area (Å²) in [6, 6.07) is 5.57. The molecule has 0 aliphatic rings. The third-order valence-electron chi connectivity index (χ3n) is 2.46. The number of amides is 1. The summed E-state index contributed by atoms with van der Waals surface area (Å²) in [5, 5.41) is 3.53. The van der Waals surface area contributed by atoms with Crippen LogP contribution in [0.5, 0.6) is 0 Å². The molecule has 0 saturated carbocycles. The Labute approximate surface area is 102 Å². The summed E-state index contributed by atoms with van der Waals surface area (Å²) in [6.45, 7) is 4.06. The van der Waals surface area contributed by atoms with E-state index in [1.807, 2.05) is 19.1 Å². The van der Waals surface area contributed by atoms with Gasteiger partial charge in [0.25, 0.3) is 0 Å². The Morgan fingerprint density at radius 3 is 2.75 bits per heavy atom. The van der Waals surface area contributed by atoms with E-state index in [0.717, 1.165) is 30.5 Å². The van der Waals surface area contributed by atoms with Gasteiger partial charge in [-0.2, -0.15) is 0 Å². The number of unbranched alkanes of at least 4 members (excludes halogenated alkanes) is 2. The molecule has 0 spiro atoms. The fourth-order valence-electron chi connectivity index (χ4n) is 1.43. The third kappa shape index (κ3) is 4.23. The van der Waals surface area contributed by atoms with Crippen molar-refractivity contribution in [3.05, 3.63) is 28.8 Å². The first-order valence-electron chi connectivity index (χ1n) is 5.69. The molecule has 0 bridgehead atoms. The fraction of sp³-hybridized carbons (Fsp3) is 0.462. The van der Waals surface area contributed by atoms with Crippen LogP contribution in [0.4, 0.5) is 5.69 Å². The van der Waals surface area contributed by atoms with Crippen molar-refractivity contribution in [2.24, 2.45) is 0 Å². The number of anilines is 1. The smallest absolute Gasteiger partial charge is 0.224 e. The van der Waals surface area contributed by atoms with Gasteiger partial charge in [-0.05, 0) is 31.0 Å². The fourth-order valence-corrected chi connectivity index (χ4v) is 1.61. The van der Waals surface area contributed by atoms with Crippen LogP contribution in [0, 0.1) is 6.92 Å². The molecule has 1 aromatic rings. The highest BCUT2D eigenvalue weighted by atomic mass is 35.5. The van der Waals surface area contributed by atoms with Gasteiger partial charge in [-0.15, -0.1) is 0 Å². The van der Waals surface area contributed by atoms with Gasteiger partial charge in [0.1, 0.15) is 0 Å². The molecule has 1 amide bonds.